The molecule has 0 radical (unpaired) electrons. The first kappa shape index (κ1) is 25.9. The second-order valence-electron chi connectivity index (χ2n) is 9.21. The summed E-state index contributed by atoms with van der Waals surface area (Å²) < 4.78 is 0. The van der Waals surface area contributed by atoms with Gasteiger partial charge in [0.2, 0.25) is 11.8 Å². The van der Waals surface area contributed by atoms with E-state index >= 15 is 0 Å². The lowest BCUT2D eigenvalue weighted by Crippen LogP contribution is -2.54. The number of rotatable bonds is 15. The van der Waals surface area contributed by atoms with Crippen LogP contribution in [0.3, 0.4) is 0 Å². The smallest absolute Gasteiger partial charge is 0.264 e. The van der Waals surface area contributed by atoms with Crippen LogP contribution in [0.4, 0.5) is 5.69 Å². The summed E-state index contributed by atoms with van der Waals surface area (Å²) >= 11 is 0. The Kier molecular flexibility index (Phi) is 10.1. The highest BCUT2D eigenvalue weighted by Gasteiger charge is 2.45. The van der Waals surface area contributed by atoms with Gasteiger partial charge in [-0.1, -0.05) is 63.9 Å². The number of amides is 4. The summed E-state index contributed by atoms with van der Waals surface area (Å²) in [5, 5.41) is 14.3. The fraction of sp³-hybridized carbons (Fsp3) is 0.615. The van der Waals surface area contributed by atoms with Gasteiger partial charge in [0, 0.05) is 25.3 Å². The number of unbranched alkanes of at least 4 members (excludes halogenated alkanes) is 10. The van der Waals surface area contributed by atoms with E-state index in [1.807, 2.05) is 0 Å². The zero-order valence-corrected chi connectivity index (χ0v) is 19.9. The van der Waals surface area contributed by atoms with Crippen LogP contribution in [0.25, 0.3) is 0 Å². The molecule has 3 N–H and O–H groups in total. The van der Waals surface area contributed by atoms with Crippen molar-refractivity contribution in [2.24, 2.45) is 0 Å². The highest BCUT2D eigenvalue weighted by Crippen LogP contribution is 2.32. The number of hydrogen-bond acceptors (Lipinski definition) is 6. The van der Waals surface area contributed by atoms with Crippen LogP contribution in [0, 0.1) is 0 Å². The topological polar surface area (TPSA) is 116 Å². The molecule has 3 rings (SSSR count). The van der Waals surface area contributed by atoms with Crippen LogP contribution in [0.15, 0.2) is 18.2 Å². The molecule has 34 heavy (non-hydrogen) atoms. The maximum Gasteiger partial charge on any atom is 0.264 e. The van der Waals surface area contributed by atoms with Crippen LogP contribution in [0.2, 0.25) is 0 Å². The summed E-state index contributed by atoms with van der Waals surface area (Å²) in [5.74, 6) is -1.93. The van der Waals surface area contributed by atoms with E-state index in [9.17, 15) is 19.2 Å². The Morgan fingerprint density at radius 2 is 1.47 bits per heavy atom. The third-order valence-electron chi connectivity index (χ3n) is 6.62. The summed E-state index contributed by atoms with van der Waals surface area (Å²) in [5.41, 5.74) is 1.24. The number of imide groups is 2. The van der Waals surface area contributed by atoms with E-state index in [1.54, 1.807) is 18.2 Å². The number of carbonyl (C=O) groups excluding carboxylic acids is 4. The van der Waals surface area contributed by atoms with Crippen molar-refractivity contribution in [3.05, 3.63) is 29.3 Å². The Morgan fingerprint density at radius 1 is 0.853 bits per heavy atom. The molecule has 1 fully saturated rings. The quantitative estimate of drug-likeness (QED) is 0.265. The predicted octanol–water partition coefficient (Wildman–Crippen LogP) is 3.78. The summed E-state index contributed by atoms with van der Waals surface area (Å²) in [4.78, 5) is 50.6. The summed E-state index contributed by atoms with van der Waals surface area (Å²) in [6.45, 7) is 1.01. The zero-order chi connectivity index (χ0) is 24.3. The normalized spacial score (nSPS) is 17.8. The summed E-state index contributed by atoms with van der Waals surface area (Å²) in [7, 11) is 0. The van der Waals surface area contributed by atoms with Gasteiger partial charge in [0.25, 0.3) is 11.8 Å². The van der Waals surface area contributed by atoms with Crippen molar-refractivity contribution in [2.45, 2.75) is 89.5 Å². The van der Waals surface area contributed by atoms with Gasteiger partial charge in [0.1, 0.15) is 6.04 Å². The number of benzene rings is 1. The molecule has 186 valence electrons. The van der Waals surface area contributed by atoms with E-state index in [1.165, 1.54) is 44.9 Å². The van der Waals surface area contributed by atoms with Gasteiger partial charge in [-0.25, -0.2) is 0 Å². The molecule has 2 aliphatic heterocycles. The second-order valence-corrected chi connectivity index (χ2v) is 9.21. The molecule has 1 unspecified atom stereocenters. The zero-order valence-electron chi connectivity index (χ0n) is 19.9. The van der Waals surface area contributed by atoms with Gasteiger partial charge in [-0.3, -0.25) is 29.4 Å². The number of nitrogens with zero attached hydrogens (tertiary/aromatic N) is 1. The Bertz CT molecular complexity index is 885. The standard InChI is InChI=1S/C26H37N3O5/c30-18-11-9-7-5-3-1-2-4-6-8-10-17-27-20-14-12-13-19-23(20)26(34)29(25(19)33)21-15-16-22(31)28-24(21)32/h12-14,21,27,30H,1-11,15-18H2,(H,28,31,32). The van der Waals surface area contributed by atoms with Crippen molar-refractivity contribution in [2.75, 3.05) is 18.5 Å². The number of aliphatic hydroxyl groups excluding tert-OH is 1. The lowest BCUT2D eigenvalue weighted by atomic mass is 10.0. The summed E-state index contributed by atoms with van der Waals surface area (Å²) in [6.07, 6.45) is 13.1. The molecule has 2 aliphatic rings. The minimum atomic E-state index is -0.946. The van der Waals surface area contributed by atoms with Crippen LogP contribution in [0.1, 0.15) is 104 Å². The minimum absolute atomic E-state index is 0.111. The van der Waals surface area contributed by atoms with Crippen molar-refractivity contribution in [1.82, 2.24) is 10.2 Å². The molecule has 0 aromatic heterocycles. The molecule has 1 saturated heterocycles. The lowest BCUT2D eigenvalue weighted by Gasteiger charge is -2.27. The predicted molar refractivity (Wildman–Crippen MR) is 129 cm³/mol. The van der Waals surface area contributed by atoms with Crippen molar-refractivity contribution in [3.63, 3.8) is 0 Å². The fourth-order valence-corrected chi connectivity index (χ4v) is 4.71. The van der Waals surface area contributed by atoms with E-state index < -0.39 is 23.8 Å². The van der Waals surface area contributed by atoms with E-state index in [2.05, 4.69) is 10.6 Å². The van der Waals surface area contributed by atoms with Crippen LogP contribution >= 0.6 is 0 Å². The van der Waals surface area contributed by atoms with Gasteiger partial charge in [0.15, 0.2) is 0 Å². The number of anilines is 1. The number of aliphatic hydroxyl groups is 1. The molecular weight excluding hydrogens is 434 g/mol. The Morgan fingerprint density at radius 3 is 2.09 bits per heavy atom. The summed E-state index contributed by atoms with van der Waals surface area (Å²) in [6, 6.07) is 4.19. The minimum Gasteiger partial charge on any atom is -0.396 e. The van der Waals surface area contributed by atoms with Gasteiger partial charge < -0.3 is 10.4 Å². The molecule has 1 aromatic rings. The molecule has 1 aromatic carbocycles. The number of piperidine rings is 1. The van der Waals surface area contributed by atoms with E-state index in [0.29, 0.717) is 30.0 Å². The highest BCUT2D eigenvalue weighted by molar-refractivity contribution is 6.25. The molecule has 0 aliphatic carbocycles. The first-order valence-corrected chi connectivity index (χ1v) is 12.7. The average Bonchev–Trinajstić information content (AvgIpc) is 3.08. The van der Waals surface area contributed by atoms with Gasteiger partial charge in [-0.05, 0) is 31.4 Å². The maximum atomic E-state index is 13.1. The largest absolute Gasteiger partial charge is 0.396 e. The number of nitrogens with one attached hydrogen (secondary N) is 2. The first-order chi connectivity index (χ1) is 16.5. The number of fused-ring (bicyclic) bond motifs is 1. The fourth-order valence-electron chi connectivity index (χ4n) is 4.71. The van der Waals surface area contributed by atoms with Gasteiger partial charge >= 0.3 is 0 Å². The van der Waals surface area contributed by atoms with Crippen LogP contribution < -0.4 is 10.6 Å². The van der Waals surface area contributed by atoms with Gasteiger partial charge in [-0.15, -0.1) is 0 Å². The monoisotopic (exact) mass is 471 g/mol. The van der Waals surface area contributed by atoms with E-state index in [0.717, 1.165) is 30.6 Å². The average molecular weight is 472 g/mol. The van der Waals surface area contributed by atoms with E-state index in [-0.39, 0.29) is 18.7 Å². The Hall–Kier alpha value is -2.74. The van der Waals surface area contributed by atoms with Gasteiger partial charge in [-0.2, -0.15) is 0 Å². The third-order valence-corrected chi connectivity index (χ3v) is 6.62. The Labute approximate surface area is 201 Å². The van der Waals surface area contributed by atoms with Crippen LogP contribution in [-0.2, 0) is 9.59 Å². The molecule has 0 bridgehead atoms. The van der Waals surface area contributed by atoms with Crippen molar-refractivity contribution >= 4 is 29.3 Å². The van der Waals surface area contributed by atoms with Crippen LogP contribution in [0.5, 0.6) is 0 Å². The Balaban J connectivity index is 1.39. The molecule has 4 amide bonds. The number of hydrogen-bond donors (Lipinski definition) is 3. The molecule has 0 saturated carbocycles. The third kappa shape index (κ3) is 6.65. The molecule has 8 heteroatoms. The molecular formula is C26H37N3O5. The molecule has 0 spiro atoms. The molecule has 2 heterocycles. The lowest BCUT2D eigenvalue weighted by molar-refractivity contribution is -0.136. The van der Waals surface area contributed by atoms with Gasteiger partial charge in [0.05, 0.1) is 11.1 Å². The molecule has 8 nitrogen and oxygen atoms in total. The highest BCUT2D eigenvalue weighted by atomic mass is 16.3. The first-order valence-electron chi connectivity index (χ1n) is 12.7. The van der Waals surface area contributed by atoms with Crippen molar-refractivity contribution < 1.29 is 24.3 Å². The second kappa shape index (κ2) is 13.2. The maximum absolute atomic E-state index is 13.1. The van der Waals surface area contributed by atoms with E-state index in [4.69, 9.17) is 5.11 Å². The SMILES string of the molecule is O=C1CCC(N2C(=O)c3cccc(NCCCCCCCCCCCCCO)c3C2=O)C(=O)N1. The van der Waals surface area contributed by atoms with Crippen molar-refractivity contribution in [3.8, 4) is 0 Å². The molecule has 1 atom stereocenters. The van der Waals surface area contributed by atoms with Crippen molar-refractivity contribution in [1.29, 1.82) is 0 Å². The number of carbonyl (C=O) groups is 4. The van der Waals surface area contributed by atoms with Crippen LogP contribution in [-0.4, -0.2) is 52.8 Å².